The number of nitriles is 1. The van der Waals surface area contributed by atoms with Crippen molar-refractivity contribution < 1.29 is 0 Å². The molecule has 0 spiro atoms. The van der Waals surface area contributed by atoms with Crippen LogP contribution in [0, 0.1) is 16.7 Å². The SMILES string of the molecule is N#C/C(=N\Nc1ccc(Br)cc1)C(=N)N. The lowest BCUT2D eigenvalue weighted by Gasteiger charge is -2.00. The smallest absolute Gasteiger partial charge is 0.201 e. The van der Waals surface area contributed by atoms with E-state index in [9.17, 15) is 0 Å². The van der Waals surface area contributed by atoms with E-state index in [-0.39, 0.29) is 11.5 Å². The summed E-state index contributed by atoms with van der Waals surface area (Å²) in [5.74, 6) is -0.359. The van der Waals surface area contributed by atoms with Crippen molar-refractivity contribution in [2.45, 2.75) is 0 Å². The van der Waals surface area contributed by atoms with Crippen molar-refractivity contribution in [2.75, 3.05) is 5.43 Å². The second-order valence-electron chi connectivity index (χ2n) is 2.60. The largest absolute Gasteiger partial charge is 0.382 e. The van der Waals surface area contributed by atoms with E-state index in [1.807, 2.05) is 12.1 Å². The van der Waals surface area contributed by atoms with E-state index >= 15 is 0 Å². The summed E-state index contributed by atoms with van der Waals surface area (Å²) >= 11 is 3.29. The zero-order valence-electron chi connectivity index (χ0n) is 7.66. The van der Waals surface area contributed by atoms with Crippen molar-refractivity contribution in [3.63, 3.8) is 0 Å². The van der Waals surface area contributed by atoms with Crippen LogP contribution in [0.2, 0.25) is 0 Å². The van der Waals surface area contributed by atoms with Crippen LogP contribution < -0.4 is 11.2 Å². The molecule has 0 saturated heterocycles. The molecule has 1 aromatic carbocycles. The summed E-state index contributed by atoms with van der Waals surface area (Å²) < 4.78 is 0.948. The van der Waals surface area contributed by atoms with Gasteiger partial charge in [-0.15, -0.1) is 0 Å². The number of nitrogens with zero attached hydrogens (tertiary/aromatic N) is 2. The Hall–Kier alpha value is -1.87. The highest BCUT2D eigenvalue weighted by atomic mass is 79.9. The average Bonchev–Trinajstić information content (AvgIpc) is 2.21. The second-order valence-corrected chi connectivity index (χ2v) is 3.52. The van der Waals surface area contributed by atoms with Crippen LogP contribution in [0.4, 0.5) is 5.69 Å². The molecule has 0 radical (unpaired) electrons. The normalized spacial score (nSPS) is 10.5. The average molecular weight is 266 g/mol. The molecule has 0 amide bonds. The molecule has 1 aromatic rings. The van der Waals surface area contributed by atoms with Gasteiger partial charge < -0.3 is 5.73 Å². The van der Waals surface area contributed by atoms with Gasteiger partial charge in [0.2, 0.25) is 5.71 Å². The first-order chi connectivity index (χ1) is 7.13. The summed E-state index contributed by atoms with van der Waals surface area (Å²) in [4.78, 5) is 0. The Balaban J connectivity index is 2.76. The van der Waals surface area contributed by atoms with Gasteiger partial charge in [0.05, 0.1) is 5.69 Å². The van der Waals surface area contributed by atoms with Crippen LogP contribution in [0.25, 0.3) is 0 Å². The molecule has 0 heterocycles. The van der Waals surface area contributed by atoms with Crippen LogP contribution in [0.15, 0.2) is 33.8 Å². The Kier molecular flexibility index (Phi) is 3.83. The zero-order chi connectivity index (χ0) is 11.3. The fourth-order valence-corrected chi connectivity index (χ4v) is 1.05. The molecular weight excluding hydrogens is 258 g/mol. The number of nitrogens with two attached hydrogens (primary N) is 1. The quantitative estimate of drug-likeness (QED) is 0.441. The number of amidine groups is 1. The molecule has 0 aliphatic carbocycles. The summed E-state index contributed by atoms with van der Waals surface area (Å²) in [5, 5.41) is 19.3. The van der Waals surface area contributed by atoms with Gasteiger partial charge in [-0.3, -0.25) is 10.8 Å². The number of hydrogen-bond donors (Lipinski definition) is 3. The van der Waals surface area contributed by atoms with Gasteiger partial charge in [-0.25, -0.2) is 0 Å². The lowest BCUT2D eigenvalue weighted by molar-refractivity contribution is 1.33. The molecule has 0 fully saturated rings. The van der Waals surface area contributed by atoms with Gasteiger partial charge in [0, 0.05) is 4.47 Å². The van der Waals surface area contributed by atoms with E-state index in [1.54, 1.807) is 18.2 Å². The van der Waals surface area contributed by atoms with E-state index in [2.05, 4.69) is 26.5 Å². The maximum atomic E-state index is 8.57. The third kappa shape index (κ3) is 3.40. The van der Waals surface area contributed by atoms with Gasteiger partial charge in [-0.2, -0.15) is 10.4 Å². The maximum absolute atomic E-state index is 8.57. The number of rotatable bonds is 3. The Labute approximate surface area is 95.2 Å². The lowest BCUT2D eigenvalue weighted by atomic mass is 10.3. The van der Waals surface area contributed by atoms with Gasteiger partial charge in [-0.05, 0) is 24.3 Å². The topological polar surface area (TPSA) is 98.0 Å². The summed E-state index contributed by atoms with van der Waals surface area (Å²) in [6, 6.07) is 8.93. The van der Waals surface area contributed by atoms with Gasteiger partial charge in [0.15, 0.2) is 5.84 Å². The molecule has 0 aromatic heterocycles. The molecule has 6 heteroatoms. The molecule has 0 bridgehead atoms. The van der Waals surface area contributed by atoms with Crippen LogP contribution in [-0.4, -0.2) is 11.5 Å². The van der Waals surface area contributed by atoms with Crippen LogP contribution in [0.1, 0.15) is 0 Å². The Morgan fingerprint density at radius 3 is 2.53 bits per heavy atom. The minimum Gasteiger partial charge on any atom is -0.382 e. The first-order valence-corrected chi connectivity index (χ1v) is 4.76. The lowest BCUT2D eigenvalue weighted by Crippen LogP contribution is -2.21. The molecule has 5 nitrogen and oxygen atoms in total. The first kappa shape index (κ1) is 11.2. The van der Waals surface area contributed by atoms with Crippen molar-refractivity contribution in [1.29, 1.82) is 10.7 Å². The van der Waals surface area contributed by atoms with Crippen molar-refractivity contribution in [1.82, 2.24) is 0 Å². The molecular formula is C9H8BrN5. The number of benzene rings is 1. The van der Waals surface area contributed by atoms with E-state index < -0.39 is 0 Å². The summed E-state index contributed by atoms with van der Waals surface area (Å²) in [6.07, 6.45) is 0. The van der Waals surface area contributed by atoms with Gasteiger partial charge >= 0.3 is 0 Å². The number of anilines is 1. The van der Waals surface area contributed by atoms with Crippen LogP contribution in [-0.2, 0) is 0 Å². The van der Waals surface area contributed by atoms with Crippen molar-refractivity contribution in [3.8, 4) is 6.07 Å². The predicted molar refractivity (Wildman–Crippen MR) is 62.7 cm³/mol. The molecule has 76 valence electrons. The highest BCUT2D eigenvalue weighted by Crippen LogP contribution is 2.13. The van der Waals surface area contributed by atoms with Crippen LogP contribution >= 0.6 is 15.9 Å². The van der Waals surface area contributed by atoms with E-state index in [0.29, 0.717) is 5.69 Å². The standard InChI is InChI=1S/C9H8BrN5/c10-6-1-3-7(4-2-6)14-15-8(5-11)9(12)13/h1-4,14H,(H3,12,13)/b15-8+. The van der Waals surface area contributed by atoms with Gasteiger partial charge in [-0.1, -0.05) is 15.9 Å². The first-order valence-electron chi connectivity index (χ1n) is 3.97. The molecule has 0 atom stereocenters. The third-order valence-electron chi connectivity index (χ3n) is 1.50. The number of nitrogens with one attached hydrogen (secondary N) is 2. The van der Waals surface area contributed by atoms with E-state index in [4.69, 9.17) is 16.4 Å². The highest BCUT2D eigenvalue weighted by Gasteiger charge is 2.00. The molecule has 0 aliphatic heterocycles. The monoisotopic (exact) mass is 265 g/mol. The number of halogens is 1. The highest BCUT2D eigenvalue weighted by molar-refractivity contribution is 9.10. The van der Waals surface area contributed by atoms with Gasteiger partial charge in [0.1, 0.15) is 6.07 Å². The Morgan fingerprint density at radius 2 is 2.07 bits per heavy atom. The number of hydrogen-bond acceptors (Lipinski definition) is 4. The Morgan fingerprint density at radius 1 is 1.47 bits per heavy atom. The van der Waals surface area contributed by atoms with Crippen molar-refractivity contribution in [3.05, 3.63) is 28.7 Å². The fraction of sp³-hybridized carbons (Fsp3) is 0. The minimum atomic E-state index is -0.359. The minimum absolute atomic E-state index is 0.141. The Bertz CT molecular complexity index is 429. The summed E-state index contributed by atoms with van der Waals surface area (Å²) in [5.41, 5.74) is 8.32. The molecule has 1 rings (SSSR count). The zero-order valence-corrected chi connectivity index (χ0v) is 9.25. The maximum Gasteiger partial charge on any atom is 0.201 e. The summed E-state index contributed by atoms with van der Waals surface area (Å²) in [7, 11) is 0. The van der Waals surface area contributed by atoms with Gasteiger partial charge in [0.25, 0.3) is 0 Å². The molecule has 0 saturated carbocycles. The fourth-order valence-electron chi connectivity index (χ4n) is 0.790. The van der Waals surface area contributed by atoms with Crippen molar-refractivity contribution in [2.24, 2.45) is 10.8 Å². The number of hydrazone groups is 1. The predicted octanol–water partition coefficient (Wildman–Crippen LogP) is 1.68. The molecule has 0 unspecified atom stereocenters. The van der Waals surface area contributed by atoms with Crippen LogP contribution in [0.5, 0.6) is 0 Å². The molecule has 0 aliphatic rings. The van der Waals surface area contributed by atoms with E-state index in [0.717, 1.165) is 4.47 Å². The molecule has 4 N–H and O–H groups in total. The second kappa shape index (κ2) is 5.12. The van der Waals surface area contributed by atoms with E-state index in [1.165, 1.54) is 0 Å². The third-order valence-corrected chi connectivity index (χ3v) is 2.03. The van der Waals surface area contributed by atoms with Crippen molar-refractivity contribution >= 4 is 33.2 Å². The van der Waals surface area contributed by atoms with Crippen LogP contribution in [0.3, 0.4) is 0 Å². The summed E-state index contributed by atoms with van der Waals surface area (Å²) in [6.45, 7) is 0. The molecule has 15 heavy (non-hydrogen) atoms.